The van der Waals surface area contributed by atoms with E-state index >= 15 is 4.39 Å². The Morgan fingerprint density at radius 3 is 2.76 bits per heavy atom. The second-order valence-corrected chi connectivity index (χ2v) is 8.21. The molecule has 0 aliphatic carbocycles. The third-order valence-electron chi connectivity index (χ3n) is 6.11. The molecule has 2 aromatic rings. The number of fused-ring (bicyclic) bond motifs is 2. The van der Waals surface area contributed by atoms with Crippen molar-refractivity contribution in [1.29, 1.82) is 0 Å². The molecule has 1 amide bonds. The van der Waals surface area contributed by atoms with Crippen molar-refractivity contribution in [1.82, 2.24) is 4.90 Å². The van der Waals surface area contributed by atoms with E-state index in [2.05, 4.69) is 5.32 Å². The summed E-state index contributed by atoms with van der Waals surface area (Å²) in [6.45, 7) is 2.34. The van der Waals surface area contributed by atoms with Crippen molar-refractivity contribution in [2.45, 2.75) is 36.9 Å². The Kier molecular flexibility index (Phi) is 5.15. The van der Waals surface area contributed by atoms with Crippen LogP contribution >= 0.6 is 23.2 Å². The highest BCUT2D eigenvalue weighted by atomic mass is 35.5. The third-order valence-corrected chi connectivity index (χ3v) is 6.64. The summed E-state index contributed by atoms with van der Waals surface area (Å²) in [5, 5.41) is 3.32. The number of likely N-dealkylation sites (tertiary alicyclic amines) is 1. The molecular weight excluding hydrogens is 416 g/mol. The molecule has 29 heavy (non-hydrogen) atoms. The topological polar surface area (TPSA) is 75.4 Å². The summed E-state index contributed by atoms with van der Waals surface area (Å²) in [5.41, 5.74) is 6.83. The predicted octanol–water partition coefficient (Wildman–Crippen LogP) is 3.68. The lowest BCUT2D eigenvalue weighted by atomic mass is 9.73. The van der Waals surface area contributed by atoms with Crippen molar-refractivity contribution in [3.05, 3.63) is 63.4 Å². The van der Waals surface area contributed by atoms with Gasteiger partial charge >= 0.3 is 0 Å². The number of benzene rings is 2. The molecule has 4 rings (SSSR count). The number of carbonyl (C=O) groups excluding carboxylic acids is 2. The van der Waals surface area contributed by atoms with E-state index in [-0.39, 0.29) is 22.9 Å². The van der Waals surface area contributed by atoms with Crippen molar-refractivity contribution in [2.75, 3.05) is 11.9 Å². The normalized spacial score (nSPS) is 28.6. The van der Waals surface area contributed by atoms with Gasteiger partial charge < -0.3 is 15.8 Å². The van der Waals surface area contributed by atoms with Crippen molar-refractivity contribution in [2.24, 2.45) is 5.73 Å². The lowest BCUT2D eigenvalue weighted by Crippen LogP contribution is -2.52. The highest BCUT2D eigenvalue weighted by Gasteiger charge is 2.65. The first-order valence-electron chi connectivity index (χ1n) is 9.39. The lowest BCUT2D eigenvalue weighted by molar-refractivity contribution is -0.128. The van der Waals surface area contributed by atoms with Gasteiger partial charge in [-0.15, -0.1) is 0 Å². The Morgan fingerprint density at radius 1 is 1.31 bits per heavy atom. The Labute approximate surface area is 178 Å². The number of hydrogen-bond acceptors (Lipinski definition) is 4. The maximum absolute atomic E-state index is 15.1. The van der Waals surface area contributed by atoms with Crippen LogP contribution in [0.25, 0.3) is 0 Å². The minimum atomic E-state index is -1.27. The van der Waals surface area contributed by atoms with Crippen LogP contribution in [0.5, 0.6) is 0 Å². The average molecular weight is 436 g/mol. The van der Waals surface area contributed by atoms with E-state index < -0.39 is 29.4 Å². The van der Waals surface area contributed by atoms with Crippen LogP contribution in [-0.4, -0.2) is 35.7 Å². The van der Waals surface area contributed by atoms with Gasteiger partial charge in [-0.05, 0) is 30.3 Å². The number of nitrogens with one attached hydrogen (secondary N) is 1. The quantitative estimate of drug-likeness (QED) is 0.718. The molecule has 0 bridgehead atoms. The number of aldehydes is 1. The van der Waals surface area contributed by atoms with Gasteiger partial charge in [0.05, 0.1) is 5.02 Å². The molecule has 0 saturated carbocycles. The van der Waals surface area contributed by atoms with Crippen molar-refractivity contribution >= 4 is 41.1 Å². The SMILES string of the molecule is CCN1[C@@H](CC=O)[C@@H](N)[C@H](c2cccc(Cl)c2F)[C@]12C(=O)Nc1cc(Cl)ccc12. The molecule has 0 radical (unpaired) electrons. The second-order valence-electron chi connectivity index (χ2n) is 7.36. The van der Waals surface area contributed by atoms with Crippen LogP contribution in [0.4, 0.5) is 10.1 Å². The van der Waals surface area contributed by atoms with Gasteiger partial charge in [0.15, 0.2) is 0 Å². The van der Waals surface area contributed by atoms with E-state index in [1.165, 1.54) is 6.07 Å². The van der Waals surface area contributed by atoms with Crippen LogP contribution in [0.15, 0.2) is 36.4 Å². The molecule has 1 saturated heterocycles. The van der Waals surface area contributed by atoms with Crippen molar-refractivity contribution < 1.29 is 14.0 Å². The molecule has 5 nitrogen and oxygen atoms in total. The highest BCUT2D eigenvalue weighted by Crippen LogP contribution is 2.57. The lowest BCUT2D eigenvalue weighted by Gasteiger charge is -2.38. The van der Waals surface area contributed by atoms with E-state index in [9.17, 15) is 9.59 Å². The van der Waals surface area contributed by atoms with Crippen molar-refractivity contribution in [3.8, 4) is 0 Å². The molecule has 2 aliphatic rings. The Balaban J connectivity index is 2.04. The summed E-state index contributed by atoms with van der Waals surface area (Å²) in [6.07, 6.45) is 0.916. The molecular formula is C21H20Cl2FN3O2. The number of halogens is 3. The van der Waals surface area contributed by atoms with Crippen LogP contribution < -0.4 is 11.1 Å². The zero-order valence-electron chi connectivity index (χ0n) is 15.7. The molecule has 2 aliphatic heterocycles. The van der Waals surface area contributed by atoms with Gasteiger partial charge in [-0.2, -0.15) is 0 Å². The van der Waals surface area contributed by atoms with Crippen LogP contribution in [0.1, 0.15) is 30.4 Å². The highest BCUT2D eigenvalue weighted by molar-refractivity contribution is 6.31. The average Bonchev–Trinajstić information content (AvgIpc) is 3.10. The third kappa shape index (κ3) is 2.74. The maximum atomic E-state index is 15.1. The smallest absolute Gasteiger partial charge is 0.250 e. The van der Waals surface area contributed by atoms with Crippen LogP contribution in [0.3, 0.4) is 0 Å². The minimum absolute atomic E-state index is 0.0403. The van der Waals surface area contributed by atoms with Crippen molar-refractivity contribution in [3.63, 3.8) is 0 Å². The Morgan fingerprint density at radius 2 is 2.07 bits per heavy atom. The zero-order chi connectivity index (χ0) is 20.9. The maximum Gasteiger partial charge on any atom is 0.250 e. The number of anilines is 1. The molecule has 8 heteroatoms. The first-order valence-corrected chi connectivity index (χ1v) is 10.1. The van der Waals surface area contributed by atoms with E-state index in [0.717, 1.165) is 6.29 Å². The summed E-state index contributed by atoms with van der Waals surface area (Å²) >= 11 is 12.2. The fourth-order valence-electron chi connectivity index (χ4n) is 5.09. The number of amides is 1. The van der Waals surface area contributed by atoms with Gasteiger partial charge in [0.1, 0.15) is 17.6 Å². The monoisotopic (exact) mass is 435 g/mol. The summed E-state index contributed by atoms with van der Waals surface area (Å²) in [6, 6.07) is 8.72. The molecule has 0 unspecified atom stereocenters. The van der Waals surface area contributed by atoms with Crippen LogP contribution in [0.2, 0.25) is 10.0 Å². The standard InChI is InChI=1S/C21H20Cl2FN3O2/c1-2-27-16(8-9-28)19(25)17(12-4-3-5-14(23)18(12)24)21(27)13-7-6-11(22)10-15(13)26-20(21)29/h3-7,9-10,16-17,19H,2,8,25H2,1H3,(H,26,29)/t16-,17-,19+,21+/m0/s1. The number of carbonyl (C=O) groups is 2. The fraction of sp³-hybridized carbons (Fsp3) is 0.333. The van der Waals surface area contributed by atoms with Gasteiger partial charge in [-0.25, -0.2) is 4.39 Å². The fourth-order valence-corrected chi connectivity index (χ4v) is 5.45. The largest absolute Gasteiger partial charge is 0.326 e. The first-order chi connectivity index (χ1) is 13.9. The van der Waals surface area contributed by atoms with Gasteiger partial charge in [0, 0.05) is 40.7 Å². The number of rotatable bonds is 4. The van der Waals surface area contributed by atoms with Gasteiger partial charge in [-0.1, -0.05) is 48.3 Å². The molecule has 3 N–H and O–H groups in total. The first kappa shape index (κ1) is 20.3. The Bertz CT molecular complexity index is 1000. The number of nitrogens with two attached hydrogens (primary N) is 1. The van der Waals surface area contributed by atoms with Gasteiger partial charge in [0.25, 0.3) is 0 Å². The second kappa shape index (κ2) is 7.36. The molecule has 0 aromatic heterocycles. The molecule has 2 heterocycles. The molecule has 1 fully saturated rings. The van der Waals surface area contributed by atoms with E-state index in [1.807, 2.05) is 11.8 Å². The zero-order valence-corrected chi connectivity index (χ0v) is 17.2. The van der Waals surface area contributed by atoms with Crippen LogP contribution in [0, 0.1) is 5.82 Å². The molecule has 2 aromatic carbocycles. The van der Waals surface area contributed by atoms with Gasteiger partial charge in [-0.3, -0.25) is 9.69 Å². The molecule has 1 spiro atoms. The summed E-state index contributed by atoms with van der Waals surface area (Å²) in [5.74, 6) is -1.66. The van der Waals surface area contributed by atoms with E-state index in [4.69, 9.17) is 28.9 Å². The van der Waals surface area contributed by atoms with E-state index in [0.29, 0.717) is 22.8 Å². The summed E-state index contributed by atoms with van der Waals surface area (Å²) in [7, 11) is 0. The molecule has 4 atom stereocenters. The summed E-state index contributed by atoms with van der Waals surface area (Å²) in [4.78, 5) is 26.8. The van der Waals surface area contributed by atoms with Gasteiger partial charge in [0.2, 0.25) is 5.91 Å². The minimum Gasteiger partial charge on any atom is -0.326 e. The summed E-state index contributed by atoms with van der Waals surface area (Å²) < 4.78 is 15.1. The number of nitrogens with zero attached hydrogens (tertiary/aromatic N) is 1. The molecule has 152 valence electrons. The predicted molar refractivity (Wildman–Crippen MR) is 111 cm³/mol. The number of hydrogen-bond donors (Lipinski definition) is 2. The van der Waals surface area contributed by atoms with Crippen LogP contribution in [-0.2, 0) is 15.1 Å². The Hall–Kier alpha value is -1.99. The number of likely N-dealkylation sites (N-methyl/N-ethyl adjacent to an activating group) is 1. The van der Waals surface area contributed by atoms with E-state index in [1.54, 1.807) is 30.3 Å².